The maximum atomic E-state index is 5.84. The van der Waals surface area contributed by atoms with E-state index >= 15 is 0 Å². The fourth-order valence-corrected chi connectivity index (χ4v) is 2.41. The first-order valence-electron chi connectivity index (χ1n) is 6.50. The lowest BCUT2D eigenvalue weighted by Gasteiger charge is -2.27. The lowest BCUT2D eigenvalue weighted by Crippen LogP contribution is -2.33. The molecule has 0 aromatic heterocycles. The van der Waals surface area contributed by atoms with Gasteiger partial charge >= 0.3 is 0 Å². The fraction of sp³-hybridized carbons (Fsp3) is 0.571. The number of nitrogens with zero attached hydrogens (tertiary/aromatic N) is 1. The van der Waals surface area contributed by atoms with E-state index in [2.05, 4.69) is 11.0 Å². The van der Waals surface area contributed by atoms with Crippen LogP contribution in [0, 0.1) is 0 Å². The second kappa shape index (κ2) is 6.61. The van der Waals surface area contributed by atoms with Gasteiger partial charge in [-0.05, 0) is 31.0 Å². The van der Waals surface area contributed by atoms with Gasteiger partial charge in [-0.3, -0.25) is 0 Å². The van der Waals surface area contributed by atoms with Crippen LogP contribution < -0.4 is 10.6 Å². The molecule has 0 aliphatic carbocycles. The Balaban J connectivity index is 1.91. The van der Waals surface area contributed by atoms with Crippen molar-refractivity contribution in [2.24, 2.45) is 0 Å². The molecule has 1 aliphatic rings. The van der Waals surface area contributed by atoms with Crippen molar-refractivity contribution in [3.8, 4) is 0 Å². The van der Waals surface area contributed by atoms with Crippen molar-refractivity contribution >= 4 is 11.4 Å². The SMILES string of the molecule is COCCOCC1CCCN1c1cccc(N)c1. The van der Waals surface area contributed by atoms with E-state index < -0.39 is 0 Å². The van der Waals surface area contributed by atoms with Crippen LogP contribution in [0.2, 0.25) is 0 Å². The molecule has 0 bridgehead atoms. The fourth-order valence-electron chi connectivity index (χ4n) is 2.41. The van der Waals surface area contributed by atoms with Crippen LogP contribution in [0.4, 0.5) is 11.4 Å². The van der Waals surface area contributed by atoms with Crippen LogP contribution in [0.25, 0.3) is 0 Å². The molecule has 2 N–H and O–H groups in total. The maximum absolute atomic E-state index is 5.84. The van der Waals surface area contributed by atoms with Crippen LogP contribution in [0.1, 0.15) is 12.8 Å². The molecule has 1 aliphatic heterocycles. The standard InChI is InChI=1S/C14H22N2O2/c1-17-8-9-18-11-14-6-3-7-16(14)13-5-2-4-12(15)10-13/h2,4-5,10,14H,3,6-9,11,15H2,1H3. The third kappa shape index (κ3) is 3.37. The molecular formula is C14H22N2O2. The lowest BCUT2D eigenvalue weighted by molar-refractivity contribution is 0.0641. The van der Waals surface area contributed by atoms with E-state index in [9.17, 15) is 0 Å². The Bertz CT molecular complexity index is 371. The number of ether oxygens (including phenoxy) is 2. The quantitative estimate of drug-likeness (QED) is 0.619. The van der Waals surface area contributed by atoms with Crippen molar-refractivity contribution in [3.63, 3.8) is 0 Å². The Morgan fingerprint density at radius 2 is 2.28 bits per heavy atom. The average molecular weight is 250 g/mol. The molecule has 1 unspecified atom stereocenters. The third-order valence-corrected chi connectivity index (χ3v) is 3.32. The van der Waals surface area contributed by atoms with Crippen molar-refractivity contribution in [2.45, 2.75) is 18.9 Å². The van der Waals surface area contributed by atoms with Gasteiger partial charge in [0.1, 0.15) is 0 Å². The van der Waals surface area contributed by atoms with Gasteiger partial charge in [0.2, 0.25) is 0 Å². The normalized spacial score (nSPS) is 19.4. The predicted molar refractivity (Wildman–Crippen MR) is 73.9 cm³/mol. The molecular weight excluding hydrogens is 228 g/mol. The third-order valence-electron chi connectivity index (χ3n) is 3.32. The van der Waals surface area contributed by atoms with Gasteiger partial charge in [-0.25, -0.2) is 0 Å². The van der Waals surface area contributed by atoms with E-state index in [1.54, 1.807) is 7.11 Å². The van der Waals surface area contributed by atoms with Gasteiger partial charge in [0.25, 0.3) is 0 Å². The first-order chi connectivity index (χ1) is 8.81. The summed E-state index contributed by atoms with van der Waals surface area (Å²) in [5.74, 6) is 0. The summed E-state index contributed by atoms with van der Waals surface area (Å²) in [5.41, 5.74) is 7.86. The zero-order chi connectivity index (χ0) is 12.8. The molecule has 18 heavy (non-hydrogen) atoms. The minimum absolute atomic E-state index is 0.462. The molecule has 1 atom stereocenters. The minimum atomic E-state index is 0.462. The van der Waals surface area contributed by atoms with E-state index in [0.29, 0.717) is 19.3 Å². The first kappa shape index (κ1) is 13.2. The van der Waals surface area contributed by atoms with Crippen LogP contribution in [0.3, 0.4) is 0 Å². The maximum Gasteiger partial charge on any atom is 0.0701 e. The number of nitrogens with two attached hydrogens (primary N) is 1. The van der Waals surface area contributed by atoms with Crippen molar-refractivity contribution in [3.05, 3.63) is 24.3 Å². The van der Waals surface area contributed by atoms with E-state index in [1.165, 1.54) is 18.5 Å². The lowest BCUT2D eigenvalue weighted by atomic mass is 10.2. The van der Waals surface area contributed by atoms with Crippen LogP contribution >= 0.6 is 0 Å². The van der Waals surface area contributed by atoms with Gasteiger partial charge in [0.15, 0.2) is 0 Å². The molecule has 1 aromatic carbocycles. The Kier molecular flexibility index (Phi) is 4.84. The van der Waals surface area contributed by atoms with E-state index in [1.807, 2.05) is 18.2 Å². The average Bonchev–Trinajstić information content (AvgIpc) is 2.83. The highest BCUT2D eigenvalue weighted by molar-refractivity contribution is 5.57. The molecule has 0 radical (unpaired) electrons. The summed E-state index contributed by atoms with van der Waals surface area (Å²) in [5, 5.41) is 0. The van der Waals surface area contributed by atoms with E-state index in [4.69, 9.17) is 15.2 Å². The molecule has 0 saturated carbocycles. The Labute approximate surface area is 109 Å². The van der Waals surface area contributed by atoms with Crippen molar-refractivity contribution in [2.75, 3.05) is 44.1 Å². The molecule has 4 nitrogen and oxygen atoms in total. The van der Waals surface area contributed by atoms with Gasteiger partial charge in [0, 0.05) is 25.0 Å². The van der Waals surface area contributed by atoms with Gasteiger partial charge in [-0.2, -0.15) is 0 Å². The molecule has 0 spiro atoms. The van der Waals surface area contributed by atoms with E-state index in [0.717, 1.165) is 18.8 Å². The number of hydrogen-bond acceptors (Lipinski definition) is 4. The Morgan fingerprint density at radius 3 is 3.06 bits per heavy atom. The second-order valence-corrected chi connectivity index (χ2v) is 4.65. The monoisotopic (exact) mass is 250 g/mol. The summed E-state index contributed by atoms with van der Waals surface area (Å²) in [6.07, 6.45) is 2.40. The highest BCUT2D eigenvalue weighted by Gasteiger charge is 2.24. The van der Waals surface area contributed by atoms with Crippen molar-refractivity contribution < 1.29 is 9.47 Å². The number of nitrogen functional groups attached to an aromatic ring is 1. The van der Waals surface area contributed by atoms with Crippen LogP contribution in [-0.2, 0) is 9.47 Å². The smallest absolute Gasteiger partial charge is 0.0701 e. The Morgan fingerprint density at radius 1 is 1.39 bits per heavy atom. The van der Waals surface area contributed by atoms with Gasteiger partial charge in [0.05, 0.1) is 25.9 Å². The number of methoxy groups -OCH3 is 1. The highest BCUT2D eigenvalue weighted by atomic mass is 16.5. The molecule has 2 rings (SSSR count). The zero-order valence-corrected chi connectivity index (χ0v) is 11.0. The van der Waals surface area contributed by atoms with E-state index in [-0.39, 0.29) is 0 Å². The highest BCUT2D eigenvalue weighted by Crippen LogP contribution is 2.26. The molecule has 0 amide bonds. The van der Waals surface area contributed by atoms with Crippen molar-refractivity contribution in [1.29, 1.82) is 0 Å². The molecule has 1 saturated heterocycles. The molecule has 1 fully saturated rings. The number of hydrogen-bond donors (Lipinski definition) is 1. The number of benzene rings is 1. The minimum Gasteiger partial charge on any atom is -0.399 e. The predicted octanol–water partition coefficient (Wildman–Crippen LogP) is 1.90. The summed E-state index contributed by atoms with van der Waals surface area (Å²) < 4.78 is 10.6. The molecule has 1 aromatic rings. The van der Waals surface area contributed by atoms with Gasteiger partial charge < -0.3 is 20.1 Å². The van der Waals surface area contributed by atoms with Gasteiger partial charge in [-0.15, -0.1) is 0 Å². The number of rotatable bonds is 6. The number of anilines is 2. The topological polar surface area (TPSA) is 47.7 Å². The molecule has 100 valence electrons. The molecule has 1 heterocycles. The first-order valence-corrected chi connectivity index (χ1v) is 6.50. The van der Waals surface area contributed by atoms with Crippen LogP contribution in [-0.4, -0.2) is 39.5 Å². The van der Waals surface area contributed by atoms with Crippen molar-refractivity contribution in [1.82, 2.24) is 0 Å². The Hall–Kier alpha value is -1.26. The summed E-state index contributed by atoms with van der Waals surface area (Å²) in [4.78, 5) is 2.39. The van der Waals surface area contributed by atoms with Crippen LogP contribution in [0.15, 0.2) is 24.3 Å². The zero-order valence-electron chi connectivity index (χ0n) is 11.0. The summed E-state index contributed by atoms with van der Waals surface area (Å²) >= 11 is 0. The summed E-state index contributed by atoms with van der Waals surface area (Å²) in [6, 6.07) is 8.54. The second-order valence-electron chi connectivity index (χ2n) is 4.65. The molecule has 4 heteroatoms. The largest absolute Gasteiger partial charge is 0.399 e. The van der Waals surface area contributed by atoms with Crippen LogP contribution in [0.5, 0.6) is 0 Å². The summed E-state index contributed by atoms with van der Waals surface area (Å²) in [7, 11) is 1.69. The summed E-state index contributed by atoms with van der Waals surface area (Å²) in [6.45, 7) is 3.17. The van der Waals surface area contributed by atoms with Gasteiger partial charge in [-0.1, -0.05) is 6.07 Å².